The van der Waals surface area contributed by atoms with Gasteiger partial charge in [-0.2, -0.15) is 0 Å². The smallest absolute Gasteiger partial charge is 0.335 e. The standard InChI is InChI=1S/C29H41NO7/c1-27-10-7-18(37-26-25(33)24(32)22(30)15-36-26)13-17(27)4-5-21-20(27)8-11-28(2)19(9-12-29(21,28)34)16-3-6-23(31)35-14-16/h3,6,13-14,18-22,24-26,32-34H,4-5,7-12,15,30H2,1-2H3/t18-,19+,20?,21?,22-,24-,25?,26+,27-,28+,29-/m0/s1. The number of rotatable bonds is 3. The number of nitrogens with two attached hydrogens (primary N) is 1. The van der Waals surface area contributed by atoms with E-state index in [4.69, 9.17) is 19.6 Å². The molecule has 8 heteroatoms. The number of hydrogen-bond acceptors (Lipinski definition) is 8. The average molecular weight is 516 g/mol. The largest absolute Gasteiger partial charge is 0.431 e. The molecule has 1 aromatic heterocycles. The van der Waals surface area contributed by atoms with Gasteiger partial charge in [0.15, 0.2) is 6.29 Å². The Bertz CT molecular complexity index is 1100. The molecule has 0 bridgehead atoms. The van der Waals surface area contributed by atoms with Crippen LogP contribution in [0.3, 0.4) is 0 Å². The maximum Gasteiger partial charge on any atom is 0.335 e. The fourth-order valence-electron chi connectivity index (χ4n) is 8.98. The van der Waals surface area contributed by atoms with Crippen molar-refractivity contribution in [3.05, 3.63) is 46.0 Å². The van der Waals surface area contributed by atoms with Gasteiger partial charge in [-0.05, 0) is 86.2 Å². The summed E-state index contributed by atoms with van der Waals surface area (Å²) >= 11 is 0. The van der Waals surface area contributed by atoms with Crippen molar-refractivity contribution in [1.29, 1.82) is 0 Å². The molecule has 1 aromatic rings. The summed E-state index contributed by atoms with van der Waals surface area (Å²) in [5.41, 5.74) is 6.88. The van der Waals surface area contributed by atoms with Crippen LogP contribution >= 0.6 is 0 Å². The fraction of sp³-hybridized carbons (Fsp3) is 0.759. The summed E-state index contributed by atoms with van der Waals surface area (Å²) in [6, 6.07) is 2.76. The molecule has 0 spiro atoms. The predicted molar refractivity (Wildman–Crippen MR) is 135 cm³/mol. The summed E-state index contributed by atoms with van der Waals surface area (Å²) in [4.78, 5) is 11.5. The monoisotopic (exact) mass is 515 g/mol. The van der Waals surface area contributed by atoms with Crippen LogP contribution in [0.1, 0.15) is 76.7 Å². The van der Waals surface area contributed by atoms with Crippen molar-refractivity contribution in [3.63, 3.8) is 0 Å². The molecule has 3 unspecified atom stereocenters. The molecule has 5 N–H and O–H groups in total. The Balaban J connectivity index is 1.21. The predicted octanol–water partition coefficient (Wildman–Crippen LogP) is 2.59. The Morgan fingerprint density at radius 1 is 1.03 bits per heavy atom. The van der Waals surface area contributed by atoms with Crippen molar-refractivity contribution >= 4 is 0 Å². The van der Waals surface area contributed by atoms with E-state index in [1.54, 1.807) is 6.26 Å². The Kier molecular flexibility index (Phi) is 6.25. The number of ether oxygens (including phenoxy) is 2. The maximum atomic E-state index is 12.4. The molecule has 8 nitrogen and oxygen atoms in total. The number of hydrogen-bond donors (Lipinski definition) is 4. The minimum absolute atomic E-state index is 0.00533. The van der Waals surface area contributed by atoms with E-state index in [0.29, 0.717) is 5.92 Å². The van der Waals surface area contributed by atoms with Crippen LogP contribution < -0.4 is 11.4 Å². The van der Waals surface area contributed by atoms with Crippen molar-refractivity contribution in [2.24, 2.45) is 28.4 Å². The van der Waals surface area contributed by atoms with Gasteiger partial charge in [0.2, 0.25) is 0 Å². The zero-order valence-electron chi connectivity index (χ0n) is 21.8. The van der Waals surface area contributed by atoms with Crippen LogP contribution in [0.25, 0.3) is 0 Å². The minimum Gasteiger partial charge on any atom is -0.431 e. The van der Waals surface area contributed by atoms with Crippen molar-refractivity contribution < 1.29 is 29.2 Å². The van der Waals surface area contributed by atoms with Gasteiger partial charge in [-0.25, -0.2) is 4.79 Å². The summed E-state index contributed by atoms with van der Waals surface area (Å²) < 4.78 is 16.9. The van der Waals surface area contributed by atoms with Gasteiger partial charge < -0.3 is 34.9 Å². The molecule has 4 aliphatic carbocycles. The first-order valence-electron chi connectivity index (χ1n) is 14.0. The zero-order valence-corrected chi connectivity index (χ0v) is 21.8. The number of allylic oxidation sites excluding steroid dienone is 1. The summed E-state index contributed by atoms with van der Waals surface area (Å²) in [6.07, 6.45) is 7.83. The SMILES string of the molecule is C[C@]12CC[C@H](O[C@H]3OC[C@H](N)[C@H](O)C3O)C=C1CCC1C2CC[C@]2(C)[C@@H](c3ccc(=O)oc3)CC[C@]12O. The molecule has 0 aromatic carbocycles. The van der Waals surface area contributed by atoms with Gasteiger partial charge in [-0.1, -0.05) is 25.5 Å². The second-order valence-corrected chi connectivity index (χ2v) is 12.8. The summed E-state index contributed by atoms with van der Waals surface area (Å²) in [5, 5.41) is 32.9. The van der Waals surface area contributed by atoms with Gasteiger partial charge in [0.05, 0.1) is 30.6 Å². The highest BCUT2D eigenvalue weighted by Crippen LogP contribution is 2.70. The zero-order chi connectivity index (χ0) is 26.2. The molecule has 37 heavy (non-hydrogen) atoms. The van der Waals surface area contributed by atoms with Gasteiger partial charge in [0.25, 0.3) is 0 Å². The Morgan fingerprint density at radius 2 is 1.84 bits per heavy atom. The lowest BCUT2D eigenvalue weighted by molar-refractivity contribution is -0.259. The first-order chi connectivity index (χ1) is 17.6. The van der Waals surface area contributed by atoms with E-state index in [-0.39, 0.29) is 41.0 Å². The molecule has 6 rings (SSSR count). The van der Waals surface area contributed by atoms with Crippen molar-refractivity contribution in [3.8, 4) is 0 Å². The van der Waals surface area contributed by atoms with Gasteiger partial charge in [0, 0.05) is 11.5 Å². The molecule has 2 heterocycles. The van der Waals surface area contributed by atoms with Crippen molar-refractivity contribution in [2.45, 2.75) is 107 Å². The summed E-state index contributed by atoms with van der Waals surface area (Å²) in [6.45, 7) is 4.77. The summed E-state index contributed by atoms with van der Waals surface area (Å²) in [7, 11) is 0. The van der Waals surface area contributed by atoms with E-state index in [2.05, 4.69) is 19.9 Å². The summed E-state index contributed by atoms with van der Waals surface area (Å²) in [5.74, 6) is 0.809. The van der Waals surface area contributed by atoms with E-state index >= 15 is 0 Å². The first kappa shape index (κ1) is 25.7. The third-order valence-electron chi connectivity index (χ3n) is 11.2. The van der Waals surface area contributed by atoms with Crippen molar-refractivity contribution in [2.75, 3.05) is 6.61 Å². The van der Waals surface area contributed by atoms with Crippen LogP contribution in [0, 0.1) is 22.7 Å². The molecule has 1 saturated heterocycles. The van der Waals surface area contributed by atoms with Gasteiger partial charge in [-0.15, -0.1) is 0 Å². The Morgan fingerprint density at radius 3 is 2.59 bits per heavy atom. The quantitative estimate of drug-likeness (QED) is 0.451. The molecule has 5 aliphatic rings. The normalized spacial score (nSPS) is 49.5. The molecule has 1 aliphatic heterocycles. The van der Waals surface area contributed by atoms with Gasteiger partial charge >= 0.3 is 5.63 Å². The van der Waals surface area contributed by atoms with Crippen LogP contribution in [0.4, 0.5) is 0 Å². The van der Waals surface area contributed by atoms with E-state index < -0.39 is 30.1 Å². The Hall–Kier alpha value is -1.55. The molecule has 204 valence electrons. The fourth-order valence-corrected chi connectivity index (χ4v) is 8.98. The second-order valence-electron chi connectivity index (χ2n) is 12.8. The Labute approximate surface area is 217 Å². The highest BCUT2D eigenvalue weighted by atomic mass is 16.7. The molecular weight excluding hydrogens is 474 g/mol. The molecule has 0 amide bonds. The minimum atomic E-state index is -1.16. The van der Waals surface area contributed by atoms with Gasteiger partial charge in [-0.3, -0.25) is 0 Å². The topological polar surface area (TPSA) is 135 Å². The molecule has 0 radical (unpaired) electrons. The molecular formula is C29H41NO7. The van der Waals surface area contributed by atoms with Crippen LogP contribution in [-0.2, 0) is 9.47 Å². The second kappa shape index (κ2) is 9.00. The highest BCUT2D eigenvalue weighted by molar-refractivity contribution is 5.31. The van der Waals surface area contributed by atoms with Crippen LogP contribution in [0.2, 0.25) is 0 Å². The lowest BCUT2D eigenvalue weighted by Gasteiger charge is -2.62. The van der Waals surface area contributed by atoms with E-state index in [1.165, 1.54) is 11.6 Å². The first-order valence-corrected chi connectivity index (χ1v) is 14.0. The molecule has 11 atom stereocenters. The molecule has 4 fully saturated rings. The van der Waals surface area contributed by atoms with E-state index in [1.807, 2.05) is 6.07 Å². The number of aliphatic hydroxyl groups is 3. The van der Waals surface area contributed by atoms with Crippen LogP contribution in [-0.4, -0.2) is 58.2 Å². The lowest BCUT2D eigenvalue weighted by Crippen LogP contribution is -2.60. The van der Waals surface area contributed by atoms with Crippen LogP contribution in [0.5, 0.6) is 0 Å². The maximum absolute atomic E-state index is 12.4. The van der Waals surface area contributed by atoms with E-state index in [9.17, 15) is 20.1 Å². The number of aliphatic hydroxyl groups excluding tert-OH is 2. The van der Waals surface area contributed by atoms with Crippen molar-refractivity contribution in [1.82, 2.24) is 0 Å². The average Bonchev–Trinajstić information content (AvgIpc) is 3.16. The highest BCUT2D eigenvalue weighted by Gasteiger charge is 2.66. The van der Waals surface area contributed by atoms with Crippen LogP contribution in [0.15, 0.2) is 39.3 Å². The van der Waals surface area contributed by atoms with Gasteiger partial charge in [0.1, 0.15) is 12.2 Å². The third kappa shape index (κ3) is 3.82. The number of fused-ring (bicyclic) bond motifs is 5. The van der Waals surface area contributed by atoms with E-state index in [0.717, 1.165) is 56.9 Å². The molecule has 3 saturated carbocycles. The third-order valence-corrected chi connectivity index (χ3v) is 11.2. The lowest BCUT2D eigenvalue weighted by atomic mass is 9.45.